The van der Waals surface area contributed by atoms with E-state index in [1.165, 1.54) is 9.80 Å². The van der Waals surface area contributed by atoms with Crippen LogP contribution in [-0.4, -0.2) is 58.4 Å². The normalized spacial score (nSPS) is 17.6. The predicted octanol–water partition coefficient (Wildman–Crippen LogP) is 0.176. The number of aliphatic carboxylic acids is 1. The zero-order chi connectivity index (χ0) is 14.1. The Morgan fingerprint density at radius 2 is 1.83 bits per heavy atom. The Bertz CT molecular complexity index is 376. The maximum atomic E-state index is 11.9. The minimum Gasteiger partial charge on any atom is -0.481 e. The summed E-state index contributed by atoms with van der Waals surface area (Å²) in [6.07, 6.45) is 0. The standard InChI is InChI=1S/C12H20N2O4/c1-8(2)14-6-5-13(9(15)10(14)16)7-12(3,4)11(17)18/h8H,5-7H2,1-4H3,(H,17,18). The molecular formula is C12H20N2O4. The molecule has 0 aliphatic carbocycles. The largest absolute Gasteiger partial charge is 0.481 e. The Kier molecular flexibility index (Phi) is 3.98. The van der Waals surface area contributed by atoms with Gasteiger partial charge in [0, 0.05) is 25.7 Å². The molecule has 0 bridgehead atoms. The topological polar surface area (TPSA) is 77.9 Å². The molecule has 0 atom stereocenters. The molecule has 1 heterocycles. The molecule has 1 N–H and O–H groups in total. The van der Waals surface area contributed by atoms with E-state index in [1.807, 2.05) is 13.8 Å². The summed E-state index contributed by atoms with van der Waals surface area (Å²) in [6, 6.07) is -0.0175. The lowest BCUT2D eigenvalue weighted by Gasteiger charge is -2.38. The first kappa shape index (κ1) is 14.5. The highest BCUT2D eigenvalue weighted by atomic mass is 16.4. The van der Waals surface area contributed by atoms with Gasteiger partial charge in [-0.05, 0) is 27.7 Å². The highest BCUT2D eigenvalue weighted by Crippen LogP contribution is 2.19. The average Bonchev–Trinajstić information content (AvgIpc) is 2.24. The van der Waals surface area contributed by atoms with Gasteiger partial charge in [0.25, 0.3) is 0 Å². The van der Waals surface area contributed by atoms with Crippen molar-refractivity contribution in [2.45, 2.75) is 33.7 Å². The fraction of sp³-hybridized carbons (Fsp3) is 0.750. The zero-order valence-corrected chi connectivity index (χ0v) is 11.3. The van der Waals surface area contributed by atoms with Crippen molar-refractivity contribution in [2.24, 2.45) is 5.41 Å². The Hall–Kier alpha value is -1.59. The lowest BCUT2D eigenvalue weighted by molar-refractivity contribution is -0.160. The van der Waals surface area contributed by atoms with Gasteiger partial charge in [-0.2, -0.15) is 0 Å². The fourth-order valence-electron chi connectivity index (χ4n) is 1.88. The van der Waals surface area contributed by atoms with Gasteiger partial charge in [-0.15, -0.1) is 0 Å². The van der Waals surface area contributed by atoms with Gasteiger partial charge in [0.15, 0.2) is 0 Å². The molecular weight excluding hydrogens is 236 g/mol. The van der Waals surface area contributed by atoms with Crippen molar-refractivity contribution in [3.05, 3.63) is 0 Å². The van der Waals surface area contributed by atoms with Crippen molar-refractivity contribution in [3.8, 4) is 0 Å². The summed E-state index contributed by atoms with van der Waals surface area (Å²) in [5.41, 5.74) is -1.05. The number of nitrogens with zero attached hydrogens (tertiary/aromatic N) is 2. The van der Waals surface area contributed by atoms with Crippen molar-refractivity contribution >= 4 is 17.8 Å². The molecule has 0 aromatic rings. The number of hydrogen-bond donors (Lipinski definition) is 1. The van der Waals surface area contributed by atoms with E-state index >= 15 is 0 Å². The molecule has 0 saturated carbocycles. The number of carboxylic acid groups (broad SMARTS) is 1. The molecule has 1 saturated heterocycles. The Morgan fingerprint density at radius 3 is 2.28 bits per heavy atom. The number of hydrogen-bond acceptors (Lipinski definition) is 3. The molecule has 0 spiro atoms. The first-order valence-corrected chi connectivity index (χ1v) is 6.00. The average molecular weight is 256 g/mol. The van der Waals surface area contributed by atoms with Gasteiger partial charge in [0.05, 0.1) is 5.41 Å². The summed E-state index contributed by atoms with van der Waals surface area (Å²) in [5.74, 6) is -2.13. The van der Waals surface area contributed by atoms with Gasteiger partial charge in [0.2, 0.25) is 0 Å². The Balaban J connectivity index is 2.76. The summed E-state index contributed by atoms with van der Waals surface area (Å²) < 4.78 is 0. The monoisotopic (exact) mass is 256 g/mol. The van der Waals surface area contributed by atoms with Crippen LogP contribution in [-0.2, 0) is 14.4 Å². The second-order valence-electron chi connectivity index (χ2n) is 5.51. The van der Waals surface area contributed by atoms with E-state index in [0.717, 1.165) is 0 Å². The van der Waals surface area contributed by atoms with Crippen LogP contribution in [0.3, 0.4) is 0 Å². The summed E-state index contributed by atoms with van der Waals surface area (Å²) >= 11 is 0. The van der Waals surface area contributed by atoms with Crippen LogP contribution in [0.5, 0.6) is 0 Å². The molecule has 1 rings (SSSR count). The van der Waals surface area contributed by atoms with E-state index in [1.54, 1.807) is 13.8 Å². The molecule has 6 nitrogen and oxygen atoms in total. The molecule has 0 unspecified atom stereocenters. The molecule has 0 radical (unpaired) electrons. The van der Waals surface area contributed by atoms with E-state index < -0.39 is 23.2 Å². The van der Waals surface area contributed by atoms with Crippen molar-refractivity contribution in [1.29, 1.82) is 0 Å². The van der Waals surface area contributed by atoms with Crippen molar-refractivity contribution < 1.29 is 19.5 Å². The highest BCUT2D eigenvalue weighted by molar-refractivity contribution is 6.35. The van der Waals surface area contributed by atoms with Gasteiger partial charge < -0.3 is 14.9 Å². The summed E-state index contributed by atoms with van der Waals surface area (Å²) in [4.78, 5) is 37.6. The maximum absolute atomic E-state index is 11.9. The molecule has 1 aliphatic heterocycles. The molecule has 6 heteroatoms. The fourth-order valence-corrected chi connectivity index (χ4v) is 1.88. The van der Waals surface area contributed by atoms with Gasteiger partial charge in [-0.1, -0.05) is 0 Å². The van der Waals surface area contributed by atoms with E-state index in [-0.39, 0.29) is 12.6 Å². The first-order valence-electron chi connectivity index (χ1n) is 6.00. The highest BCUT2D eigenvalue weighted by Gasteiger charge is 2.38. The molecule has 2 amide bonds. The van der Waals surface area contributed by atoms with Gasteiger partial charge in [-0.3, -0.25) is 14.4 Å². The lowest BCUT2D eigenvalue weighted by atomic mass is 9.92. The van der Waals surface area contributed by atoms with E-state index in [0.29, 0.717) is 13.1 Å². The van der Waals surface area contributed by atoms with Gasteiger partial charge in [0.1, 0.15) is 0 Å². The van der Waals surface area contributed by atoms with Crippen LogP contribution in [0.2, 0.25) is 0 Å². The van der Waals surface area contributed by atoms with Crippen molar-refractivity contribution in [2.75, 3.05) is 19.6 Å². The van der Waals surface area contributed by atoms with Crippen molar-refractivity contribution in [1.82, 2.24) is 9.80 Å². The summed E-state index contributed by atoms with van der Waals surface area (Å²) in [7, 11) is 0. The Morgan fingerprint density at radius 1 is 1.28 bits per heavy atom. The maximum Gasteiger partial charge on any atom is 0.312 e. The second-order valence-corrected chi connectivity index (χ2v) is 5.51. The van der Waals surface area contributed by atoms with Gasteiger partial charge >= 0.3 is 17.8 Å². The van der Waals surface area contributed by atoms with Crippen LogP contribution in [0.25, 0.3) is 0 Å². The third-order valence-electron chi connectivity index (χ3n) is 3.13. The summed E-state index contributed by atoms with van der Waals surface area (Å²) in [5, 5.41) is 9.03. The number of carbonyl (C=O) groups excluding carboxylic acids is 2. The van der Waals surface area contributed by atoms with Crippen LogP contribution in [0.15, 0.2) is 0 Å². The van der Waals surface area contributed by atoms with E-state index in [9.17, 15) is 14.4 Å². The van der Waals surface area contributed by atoms with Crippen LogP contribution in [0, 0.1) is 5.41 Å². The van der Waals surface area contributed by atoms with Crippen LogP contribution < -0.4 is 0 Å². The smallest absolute Gasteiger partial charge is 0.312 e. The molecule has 1 aliphatic rings. The number of rotatable bonds is 4. The third kappa shape index (κ3) is 2.80. The molecule has 18 heavy (non-hydrogen) atoms. The predicted molar refractivity (Wildman–Crippen MR) is 64.8 cm³/mol. The third-order valence-corrected chi connectivity index (χ3v) is 3.13. The van der Waals surface area contributed by atoms with Crippen LogP contribution in [0.1, 0.15) is 27.7 Å². The van der Waals surface area contributed by atoms with E-state index in [2.05, 4.69) is 0 Å². The number of piperazine rings is 1. The lowest BCUT2D eigenvalue weighted by Crippen LogP contribution is -2.58. The van der Waals surface area contributed by atoms with Crippen LogP contribution in [0.4, 0.5) is 0 Å². The number of carbonyl (C=O) groups is 3. The van der Waals surface area contributed by atoms with Crippen molar-refractivity contribution in [3.63, 3.8) is 0 Å². The Labute approximate surface area is 107 Å². The number of carboxylic acids is 1. The molecule has 102 valence electrons. The molecule has 1 fully saturated rings. The van der Waals surface area contributed by atoms with Gasteiger partial charge in [-0.25, -0.2) is 0 Å². The zero-order valence-electron chi connectivity index (χ0n) is 11.3. The molecule has 0 aromatic heterocycles. The minimum atomic E-state index is -1.05. The quantitative estimate of drug-likeness (QED) is 0.728. The SMILES string of the molecule is CC(C)N1CCN(CC(C)(C)C(=O)O)C(=O)C1=O. The summed E-state index contributed by atoms with van der Waals surface area (Å²) in [6.45, 7) is 7.68. The molecule has 0 aromatic carbocycles. The second kappa shape index (κ2) is 4.96. The van der Waals surface area contributed by atoms with Crippen LogP contribution >= 0.6 is 0 Å². The van der Waals surface area contributed by atoms with E-state index in [4.69, 9.17) is 5.11 Å². The first-order chi connectivity index (χ1) is 8.16. The minimum absolute atomic E-state index is 0.0175. The number of amides is 2.